The van der Waals surface area contributed by atoms with E-state index in [2.05, 4.69) is 9.88 Å². The second-order valence-electron chi connectivity index (χ2n) is 7.87. The van der Waals surface area contributed by atoms with Gasteiger partial charge in [-0.1, -0.05) is 0 Å². The molecular weight excluding hydrogens is 346 g/mol. The summed E-state index contributed by atoms with van der Waals surface area (Å²) in [6, 6.07) is 3.98. The second-order valence-corrected chi connectivity index (χ2v) is 7.87. The molecule has 4 rings (SSSR count). The van der Waals surface area contributed by atoms with E-state index >= 15 is 0 Å². The number of anilines is 1. The lowest BCUT2D eigenvalue weighted by Gasteiger charge is -2.36. The van der Waals surface area contributed by atoms with Gasteiger partial charge in [0.1, 0.15) is 0 Å². The van der Waals surface area contributed by atoms with Crippen LogP contribution in [0.4, 0.5) is 5.69 Å². The minimum Gasteiger partial charge on any atom is -0.396 e. The largest absolute Gasteiger partial charge is 0.396 e. The Hall–Kier alpha value is -2.12. The molecule has 1 aromatic carbocycles. The Morgan fingerprint density at radius 2 is 1.89 bits per heavy atom. The van der Waals surface area contributed by atoms with E-state index < -0.39 is 6.10 Å². The third-order valence-corrected chi connectivity index (χ3v) is 6.09. The lowest BCUT2D eigenvalue weighted by Crippen LogP contribution is -2.38. The summed E-state index contributed by atoms with van der Waals surface area (Å²) >= 11 is 0. The highest BCUT2D eigenvalue weighted by molar-refractivity contribution is 5.86. The van der Waals surface area contributed by atoms with Crippen molar-refractivity contribution in [3.05, 3.63) is 38.5 Å². The number of hydrogen-bond donors (Lipinski definition) is 3. The molecule has 3 N–H and O–H groups in total. The topological polar surface area (TPSA) is 98.6 Å². The number of aliphatic hydroxyl groups excluding tert-OH is 2. The molecule has 2 aliphatic rings. The monoisotopic (exact) mass is 373 g/mol. The Labute approximate surface area is 157 Å². The maximum Gasteiger partial charge on any atom is 0.329 e. The molecule has 2 aromatic rings. The van der Waals surface area contributed by atoms with Crippen LogP contribution < -0.4 is 16.1 Å². The van der Waals surface area contributed by atoms with Gasteiger partial charge < -0.3 is 15.1 Å². The summed E-state index contributed by atoms with van der Waals surface area (Å²) in [6.07, 6.45) is 3.65. The Morgan fingerprint density at radius 3 is 2.52 bits per heavy atom. The molecule has 1 saturated carbocycles. The van der Waals surface area contributed by atoms with Crippen molar-refractivity contribution in [3.63, 3.8) is 0 Å². The van der Waals surface area contributed by atoms with E-state index in [0.29, 0.717) is 11.8 Å². The normalized spacial score (nSPS) is 19.6. The SMILES string of the molecule is Cc1c(N2CCC(C(O)CCO)CC2)ccc2c(=O)[nH]c(=O)n(C3CC3)c12. The van der Waals surface area contributed by atoms with Gasteiger partial charge in [-0.2, -0.15) is 0 Å². The van der Waals surface area contributed by atoms with Gasteiger partial charge in [0, 0.05) is 31.4 Å². The van der Waals surface area contributed by atoms with Crippen molar-refractivity contribution in [2.45, 2.75) is 51.2 Å². The van der Waals surface area contributed by atoms with Crippen molar-refractivity contribution in [1.82, 2.24) is 9.55 Å². The number of fused-ring (bicyclic) bond motifs is 1. The first-order valence-corrected chi connectivity index (χ1v) is 9.83. The van der Waals surface area contributed by atoms with Gasteiger partial charge in [0.05, 0.1) is 17.0 Å². The number of piperidine rings is 1. The molecule has 1 aromatic heterocycles. The van der Waals surface area contributed by atoms with E-state index in [0.717, 1.165) is 55.5 Å². The fourth-order valence-corrected chi connectivity index (χ4v) is 4.43. The summed E-state index contributed by atoms with van der Waals surface area (Å²) in [5.74, 6) is 0.210. The molecule has 1 aliphatic carbocycles. The predicted molar refractivity (Wildman–Crippen MR) is 104 cm³/mol. The number of aryl methyl sites for hydroxylation is 1. The molecule has 1 unspecified atom stereocenters. The predicted octanol–water partition coefficient (Wildman–Crippen LogP) is 1.29. The Kier molecular flexibility index (Phi) is 4.82. The number of aliphatic hydroxyl groups is 2. The summed E-state index contributed by atoms with van der Waals surface area (Å²) in [7, 11) is 0. The number of H-pyrrole nitrogens is 1. The van der Waals surface area contributed by atoms with Gasteiger partial charge in [0.15, 0.2) is 0 Å². The third-order valence-electron chi connectivity index (χ3n) is 6.09. The van der Waals surface area contributed by atoms with Crippen molar-refractivity contribution in [2.24, 2.45) is 5.92 Å². The second kappa shape index (κ2) is 7.13. The van der Waals surface area contributed by atoms with Crippen LogP contribution in [-0.2, 0) is 0 Å². The molecule has 7 nitrogen and oxygen atoms in total. The van der Waals surface area contributed by atoms with Crippen LogP contribution in [0, 0.1) is 12.8 Å². The van der Waals surface area contributed by atoms with E-state index in [4.69, 9.17) is 5.11 Å². The van der Waals surface area contributed by atoms with Crippen LogP contribution in [0.5, 0.6) is 0 Å². The molecule has 1 atom stereocenters. The van der Waals surface area contributed by atoms with Crippen molar-refractivity contribution >= 4 is 16.6 Å². The molecule has 0 radical (unpaired) electrons. The van der Waals surface area contributed by atoms with Gasteiger partial charge in [-0.3, -0.25) is 14.3 Å². The summed E-state index contributed by atoms with van der Waals surface area (Å²) in [5.41, 5.74) is 2.13. The number of hydrogen-bond acceptors (Lipinski definition) is 5. The van der Waals surface area contributed by atoms with E-state index in [-0.39, 0.29) is 29.8 Å². The van der Waals surface area contributed by atoms with Crippen molar-refractivity contribution < 1.29 is 10.2 Å². The first kappa shape index (κ1) is 18.3. The molecule has 0 spiro atoms. The Balaban J connectivity index is 1.68. The first-order valence-electron chi connectivity index (χ1n) is 9.83. The zero-order valence-corrected chi connectivity index (χ0v) is 15.6. The van der Waals surface area contributed by atoms with E-state index in [9.17, 15) is 14.7 Å². The molecule has 2 heterocycles. The average molecular weight is 373 g/mol. The lowest BCUT2D eigenvalue weighted by atomic mass is 9.89. The zero-order chi connectivity index (χ0) is 19.1. The van der Waals surface area contributed by atoms with Crippen molar-refractivity contribution in [3.8, 4) is 0 Å². The molecule has 1 aliphatic heterocycles. The molecule has 7 heteroatoms. The first-order chi connectivity index (χ1) is 13.0. The summed E-state index contributed by atoms with van der Waals surface area (Å²) in [4.78, 5) is 29.4. The third kappa shape index (κ3) is 3.30. The summed E-state index contributed by atoms with van der Waals surface area (Å²) in [5, 5.41) is 19.7. The average Bonchev–Trinajstić information content (AvgIpc) is 3.48. The van der Waals surface area contributed by atoms with Crippen LogP contribution in [0.2, 0.25) is 0 Å². The number of benzene rings is 1. The minimum atomic E-state index is -0.451. The number of aromatic amines is 1. The standard InChI is InChI=1S/C20H27N3O4/c1-12-16(22-9-6-13(7-10-22)17(25)8-11-24)5-4-15-18(12)23(14-2-3-14)20(27)21-19(15)26/h4-5,13-14,17,24-25H,2-3,6-11H2,1H3,(H,21,26,27). The van der Waals surface area contributed by atoms with Crippen LogP contribution in [0.1, 0.15) is 43.7 Å². The van der Waals surface area contributed by atoms with E-state index in [1.165, 1.54) is 0 Å². The van der Waals surface area contributed by atoms with Crippen LogP contribution in [0.25, 0.3) is 10.9 Å². The highest BCUT2D eigenvalue weighted by atomic mass is 16.3. The smallest absolute Gasteiger partial charge is 0.329 e. The zero-order valence-electron chi connectivity index (χ0n) is 15.6. The summed E-state index contributed by atoms with van der Waals surface area (Å²) in [6.45, 7) is 3.63. The van der Waals surface area contributed by atoms with Crippen molar-refractivity contribution in [1.29, 1.82) is 0 Å². The maximum absolute atomic E-state index is 12.4. The van der Waals surface area contributed by atoms with Crippen LogP contribution in [0.15, 0.2) is 21.7 Å². The van der Waals surface area contributed by atoms with Crippen LogP contribution in [0.3, 0.4) is 0 Å². The quantitative estimate of drug-likeness (QED) is 0.734. The van der Waals surface area contributed by atoms with Gasteiger partial charge in [-0.15, -0.1) is 0 Å². The fourth-order valence-electron chi connectivity index (χ4n) is 4.43. The van der Waals surface area contributed by atoms with E-state index in [1.54, 1.807) is 4.57 Å². The van der Waals surface area contributed by atoms with Gasteiger partial charge in [0.2, 0.25) is 0 Å². The molecular formula is C20H27N3O4. The summed E-state index contributed by atoms with van der Waals surface area (Å²) < 4.78 is 1.76. The Bertz CT molecular complexity index is 952. The Morgan fingerprint density at radius 1 is 1.19 bits per heavy atom. The fraction of sp³-hybridized carbons (Fsp3) is 0.600. The van der Waals surface area contributed by atoms with Crippen molar-refractivity contribution in [2.75, 3.05) is 24.6 Å². The van der Waals surface area contributed by atoms with Gasteiger partial charge in [0.25, 0.3) is 5.56 Å². The lowest BCUT2D eigenvalue weighted by molar-refractivity contribution is 0.0670. The van der Waals surface area contributed by atoms with Gasteiger partial charge in [-0.25, -0.2) is 4.79 Å². The number of nitrogens with zero attached hydrogens (tertiary/aromatic N) is 2. The maximum atomic E-state index is 12.4. The molecule has 1 saturated heterocycles. The number of aromatic nitrogens is 2. The number of nitrogens with one attached hydrogen (secondary N) is 1. The van der Waals surface area contributed by atoms with Crippen LogP contribution in [-0.4, -0.2) is 45.6 Å². The molecule has 0 bridgehead atoms. The molecule has 146 valence electrons. The molecule has 2 fully saturated rings. The van der Waals surface area contributed by atoms with E-state index in [1.807, 2.05) is 19.1 Å². The minimum absolute atomic E-state index is 0.0123. The highest BCUT2D eigenvalue weighted by Gasteiger charge is 2.30. The number of rotatable bonds is 5. The van der Waals surface area contributed by atoms with Gasteiger partial charge >= 0.3 is 5.69 Å². The highest BCUT2D eigenvalue weighted by Crippen LogP contribution is 2.38. The van der Waals surface area contributed by atoms with Gasteiger partial charge in [-0.05, 0) is 62.6 Å². The van der Waals surface area contributed by atoms with Crippen LogP contribution >= 0.6 is 0 Å². The molecule has 0 amide bonds. The molecule has 27 heavy (non-hydrogen) atoms.